The van der Waals surface area contributed by atoms with E-state index in [2.05, 4.69) is 6.92 Å². The molecule has 2 unspecified atom stereocenters. The van der Waals surface area contributed by atoms with Gasteiger partial charge in [-0.3, -0.25) is 9.59 Å². The third-order valence-corrected chi connectivity index (χ3v) is 4.34. The Bertz CT molecular complexity index is 509. The maximum atomic E-state index is 12.8. The smallest absolute Gasteiger partial charge is 0.305 e. The van der Waals surface area contributed by atoms with Crippen LogP contribution in [-0.2, 0) is 9.59 Å². The molecule has 0 radical (unpaired) electrons. The summed E-state index contributed by atoms with van der Waals surface area (Å²) in [6.07, 6.45) is 3.05. The summed E-state index contributed by atoms with van der Waals surface area (Å²) in [5.41, 5.74) is 1.92. The van der Waals surface area contributed by atoms with Crippen LogP contribution in [-0.4, -0.2) is 23.5 Å². The number of benzene rings is 1. The summed E-state index contributed by atoms with van der Waals surface area (Å²) < 4.78 is 0. The predicted octanol–water partition coefficient (Wildman–Crippen LogP) is 3.24. The number of carboxylic acids is 1. The van der Waals surface area contributed by atoms with E-state index in [0.717, 1.165) is 30.5 Å². The van der Waals surface area contributed by atoms with Gasteiger partial charge in [-0.2, -0.15) is 0 Å². The minimum Gasteiger partial charge on any atom is -0.481 e. The zero-order chi connectivity index (χ0) is 15.4. The highest BCUT2D eigenvalue weighted by atomic mass is 16.4. The lowest BCUT2D eigenvalue weighted by Crippen LogP contribution is -2.38. The highest BCUT2D eigenvalue weighted by Gasteiger charge is 2.33. The molecule has 2 rings (SSSR count). The average molecular weight is 289 g/mol. The first-order valence-electron chi connectivity index (χ1n) is 7.59. The van der Waals surface area contributed by atoms with E-state index in [1.807, 2.05) is 31.2 Å². The van der Waals surface area contributed by atoms with Crippen LogP contribution in [0.5, 0.6) is 0 Å². The number of carboxylic acid groups (broad SMARTS) is 1. The summed E-state index contributed by atoms with van der Waals surface area (Å²) in [5.74, 6) is -0.389. The van der Waals surface area contributed by atoms with Crippen LogP contribution >= 0.6 is 0 Å². The molecule has 2 atom stereocenters. The molecule has 0 bridgehead atoms. The fourth-order valence-corrected chi connectivity index (χ4v) is 3.01. The molecule has 1 aromatic rings. The van der Waals surface area contributed by atoms with Crippen LogP contribution in [0.2, 0.25) is 0 Å². The highest BCUT2D eigenvalue weighted by molar-refractivity contribution is 5.95. The van der Waals surface area contributed by atoms with Crippen LogP contribution in [0.25, 0.3) is 0 Å². The van der Waals surface area contributed by atoms with E-state index < -0.39 is 5.97 Å². The summed E-state index contributed by atoms with van der Waals surface area (Å²) >= 11 is 0. The maximum Gasteiger partial charge on any atom is 0.305 e. The molecule has 0 spiro atoms. The SMILES string of the molecule is Cc1ccc(N(CCC(=O)O)C(=O)C2CCCC2C)cc1. The Kier molecular flexibility index (Phi) is 4.99. The van der Waals surface area contributed by atoms with Crippen molar-refractivity contribution in [1.29, 1.82) is 0 Å². The molecule has 0 saturated heterocycles. The number of carbonyl (C=O) groups is 2. The Morgan fingerprint density at radius 2 is 1.90 bits per heavy atom. The molecule has 0 aromatic heterocycles. The quantitative estimate of drug-likeness (QED) is 0.905. The molecule has 4 nitrogen and oxygen atoms in total. The largest absolute Gasteiger partial charge is 0.481 e. The van der Waals surface area contributed by atoms with Gasteiger partial charge in [0, 0.05) is 18.2 Å². The van der Waals surface area contributed by atoms with Crippen LogP contribution < -0.4 is 4.90 Å². The maximum absolute atomic E-state index is 12.8. The number of rotatable bonds is 5. The van der Waals surface area contributed by atoms with Crippen molar-refractivity contribution < 1.29 is 14.7 Å². The van der Waals surface area contributed by atoms with Crippen molar-refractivity contribution in [2.24, 2.45) is 11.8 Å². The van der Waals surface area contributed by atoms with Crippen LogP contribution in [0.4, 0.5) is 5.69 Å². The van der Waals surface area contributed by atoms with Gasteiger partial charge in [0.1, 0.15) is 0 Å². The van der Waals surface area contributed by atoms with Crippen molar-refractivity contribution in [3.8, 4) is 0 Å². The number of hydrogen-bond acceptors (Lipinski definition) is 2. The van der Waals surface area contributed by atoms with E-state index in [-0.39, 0.29) is 24.8 Å². The fraction of sp³-hybridized carbons (Fsp3) is 0.529. The zero-order valence-electron chi connectivity index (χ0n) is 12.7. The number of amides is 1. The Morgan fingerprint density at radius 3 is 2.43 bits per heavy atom. The molecule has 4 heteroatoms. The fourth-order valence-electron chi connectivity index (χ4n) is 3.01. The van der Waals surface area contributed by atoms with Crippen LogP contribution in [0.1, 0.15) is 38.2 Å². The van der Waals surface area contributed by atoms with Gasteiger partial charge in [-0.05, 0) is 37.8 Å². The van der Waals surface area contributed by atoms with Gasteiger partial charge in [0.05, 0.1) is 6.42 Å². The van der Waals surface area contributed by atoms with Crippen LogP contribution in [0, 0.1) is 18.8 Å². The molecule has 1 saturated carbocycles. The second-order valence-electron chi connectivity index (χ2n) is 5.98. The Hall–Kier alpha value is -1.84. The van der Waals surface area contributed by atoms with Crippen molar-refractivity contribution in [1.82, 2.24) is 0 Å². The van der Waals surface area contributed by atoms with Gasteiger partial charge in [0.2, 0.25) is 5.91 Å². The number of aliphatic carboxylic acids is 1. The summed E-state index contributed by atoms with van der Waals surface area (Å²) in [4.78, 5) is 25.3. The van der Waals surface area contributed by atoms with E-state index in [9.17, 15) is 9.59 Å². The first-order valence-corrected chi connectivity index (χ1v) is 7.59. The Balaban J connectivity index is 2.20. The third-order valence-electron chi connectivity index (χ3n) is 4.34. The van der Waals surface area contributed by atoms with Gasteiger partial charge in [-0.15, -0.1) is 0 Å². The number of carbonyl (C=O) groups excluding carboxylic acids is 1. The minimum atomic E-state index is -0.876. The van der Waals surface area contributed by atoms with E-state index in [1.165, 1.54) is 0 Å². The standard InChI is InChI=1S/C17H23NO3/c1-12-6-8-14(9-7-12)18(11-10-16(19)20)17(21)15-5-3-4-13(15)2/h6-9,13,15H,3-5,10-11H2,1-2H3,(H,19,20). The second kappa shape index (κ2) is 6.74. The van der Waals surface area contributed by atoms with Gasteiger partial charge >= 0.3 is 5.97 Å². The van der Waals surface area contributed by atoms with Gasteiger partial charge in [-0.25, -0.2) is 0 Å². The summed E-state index contributed by atoms with van der Waals surface area (Å²) in [6.45, 7) is 4.34. The molecule has 1 aliphatic rings. The Labute approximate surface area is 125 Å². The van der Waals surface area contributed by atoms with E-state index in [0.29, 0.717) is 5.92 Å². The Morgan fingerprint density at radius 1 is 1.24 bits per heavy atom. The van der Waals surface area contributed by atoms with Crippen molar-refractivity contribution in [2.75, 3.05) is 11.4 Å². The number of nitrogens with zero attached hydrogens (tertiary/aromatic N) is 1. The number of anilines is 1. The van der Waals surface area contributed by atoms with Crippen molar-refractivity contribution in [3.63, 3.8) is 0 Å². The van der Waals surface area contributed by atoms with E-state index >= 15 is 0 Å². The second-order valence-corrected chi connectivity index (χ2v) is 5.98. The van der Waals surface area contributed by atoms with Gasteiger partial charge in [-0.1, -0.05) is 31.0 Å². The van der Waals surface area contributed by atoms with Crippen molar-refractivity contribution >= 4 is 17.6 Å². The topological polar surface area (TPSA) is 57.6 Å². The first kappa shape index (κ1) is 15.5. The lowest BCUT2D eigenvalue weighted by molar-refractivity contribution is -0.136. The monoisotopic (exact) mass is 289 g/mol. The van der Waals surface area contributed by atoms with E-state index in [1.54, 1.807) is 4.90 Å². The normalized spacial score (nSPS) is 21.2. The third kappa shape index (κ3) is 3.84. The molecule has 0 aliphatic heterocycles. The number of hydrogen-bond donors (Lipinski definition) is 1. The molecule has 1 N–H and O–H groups in total. The molecule has 114 valence electrons. The summed E-state index contributed by atoms with van der Waals surface area (Å²) in [7, 11) is 0. The molecule has 1 amide bonds. The molecule has 1 aliphatic carbocycles. The van der Waals surface area contributed by atoms with Gasteiger partial charge in [0.25, 0.3) is 0 Å². The number of aryl methyl sites for hydroxylation is 1. The first-order chi connectivity index (χ1) is 9.99. The summed E-state index contributed by atoms with van der Waals surface area (Å²) in [5, 5.41) is 8.91. The van der Waals surface area contributed by atoms with Gasteiger partial charge < -0.3 is 10.0 Å². The van der Waals surface area contributed by atoms with Crippen molar-refractivity contribution in [2.45, 2.75) is 39.5 Å². The molecule has 0 heterocycles. The average Bonchev–Trinajstić information content (AvgIpc) is 2.86. The lowest BCUT2D eigenvalue weighted by atomic mass is 9.96. The predicted molar refractivity (Wildman–Crippen MR) is 82.3 cm³/mol. The van der Waals surface area contributed by atoms with Gasteiger partial charge in [0.15, 0.2) is 0 Å². The molecule has 1 aromatic carbocycles. The van der Waals surface area contributed by atoms with Crippen LogP contribution in [0.15, 0.2) is 24.3 Å². The van der Waals surface area contributed by atoms with Crippen LogP contribution in [0.3, 0.4) is 0 Å². The minimum absolute atomic E-state index is 0.0271. The molecular weight excluding hydrogens is 266 g/mol. The molecular formula is C17H23NO3. The lowest BCUT2D eigenvalue weighted by Gasteiger charge is -2.27. The zero-order valence-corrected chi connectivity index (χ0v) is 12.7. The summed E-state index contributed by atoms with van der Waals surface area (Å²) in [6, 6.07) is 7.70. The highest BCUT2D eigenvalue weighted by Crippen LogP contribution is 2.33. The van der Waals surface area contributed by atoms with E-state index in [4.69, 9.17) is 5.11 Å². The molecule has 21 heavy (non-hydrogen) atoms. The van der Waals surface area contributed by atoms with Crippen molar-refractivity contribution in [3.05, 3.63) is 29.8 Å². The molecule has 1 fully saturated rings.